The molecule has 2 fully saturated rings. The van der Waals surface area contributed by atoms with Crippen LogP contribution in [0.5, 0.6) is 0 Å². The standard InChI is InChI=1S/C15H17Br2NO2S/c16-13-8-10(14(17)21-13)15(20)18-7-3-5-11(18)9-4-1-2-6-12(9)19/h8-9,11H,1-7H2. The fraction of sp³-hybridized carbons (Fsp3) is 0.600. The molecule has 2 aliphatic rings. The van der Waals surface area contributed by atoms with Crippen LogP contribution in [0.2, 0.25) is 0 Å². The first kappa shape index (κ1) is 15.7. The van der Waals surface area contributed by atoms with E-state index in [0.717, 1.165) is 46.2 Å². The number of carbonyl (C=O) groups is 2. The summed E-state index contributed by atoms with van der Waals surface area (Å²) in [4.78, 5) is 27.0. The van der Waals surface area contributed by atoms with Crippen LogP contribution >= 0.6 is 43.2 Å². The van der Waals surface area contributed by atoms with Gasteiger partial charge < -0.3 is 4.90 Å². The van der Waals surface area contributed by atoms with E-state index >= 15 is 0 Å². The molecule has 6 heteroatoms. The van der Waals surface area contributed by atoms with Crippen LogP contribution in [-0.2, 0) is 4.79 Å². The van der Waals surface area contributed by atoms with Crippen molar-refractivity contribution >= 4 is 54.9 Å². The zero-order valence-corrected chi connectivity index (χ0v) is 15.6. The van der Waals surface area contributed by atoms with E-state index in [4.69, 9.17) is 0 Å². The molecular weight excluding hydrogens is 418 g/mol. The molecule has 1 aliphatic carbocycles. The summed E-state index contributed by atoms with van der Waals surface area (Å²) in [6.07, 6.45) is 5.73. The highest BCUT2D eigenvalue weighted by Gasteiger charge is 2.39. The van der Waals surface area contributed by atoms with E-state index in [-0.39, 0.29) is 17.9 Å². The predicted octanol–water partition coefficient (Wildman–Crippen LogP) is 4.64. The highest BCUT2D eigenvalue weighted by molar-refractivity contribution is 9.12. The summed E-state index contributed by atoms with van der Waals surface area (Å²) in [5.41, 5.74) is 0.710. The number of Topliss-reactive ketones (excluding diaryl/α,β-unsaturated/α-hetero) is 1. The number of rotatable bonds is 2. The van der Waals surface area contributed by atoms with Gasteiger partial charge in [-0.05, 0) is 63.6 Å². The molecule has 2 heterocycles. The lowest BCUT2D eigenvalue weighted by Crippen LogP contribution is -2.43. The van der Waals surface area contributed by atoms with Crippen LogP contribution in [0.1, 0.15) is 48.9 Å². The Morgan fingerprint density at radius 2 is 2.05 bits per heavy atom. The fourth-order valence-electron chi connectivity index (χ4n) is 3.52. The molecule has 1 aliphatic heterocycles. The third kappa shape index (κ3) is 3.13. The second-order valence-corrected chi connectivity index (χ2v) is 9.51. The van der Waals surface area contributed by atoms with Gasteiger partial charge in [0.15, 0.2) is 0 Å². The topological polar surface area (TPSA) is 37.4 Å². The van der Waals surface area contributed by atoms with Crippen LogP contribution in [0, 0.1) is 5.92 Å². The Balaban J connectivity index is 1.82. The first-order valence-corrected chi connectivity index (χ1v) is 9.76. The summed E-state index contributed by atoms with van der Waals surface area (Å²) in [7, 11) is 0. The lowest BCUT2D eigenvalue weighted by molar-refractivity contribution is -0.126. The largest absolute Gasteiger partial charge is 0.335 e. The van der Waals surface area contributed by atoms with Gasteiger partial charge in [0, 0.05) is 24.9 Å². The van der Waals surface area contributed by atoms with Gasteiger partial charge in [0.2, 0.25) is 0 Å². The van der Waals surface area contributed by atoms with Gasteiger partial charge in [-0.2, -0.15) is 0 Å². The monoisotopic (exact) mass is 433 g/mol. The number of hydrogen-bond donors (Lipinski definition) is 0. The Labute approximate surface area is 145 Å². The van der Waals surface area contributed by atoms with E-state index in [1.54, 1.807) is 0 Å². The number of nitrogens with zero attached hydrogens (tertiary/aromatic N) is 1. The summed E-state index contributed by atoms with van der Waals surface area (Å²) >= 11 is 8.40. The van der Waals surface area contributed by atoms with Crippen LogP contribution in [0.15, 0.2) is 13.6 Å². The average molecular weight is 435 g/mol. The van der Waals surface area contributed by atoms with E-state index in [1.807, 2.05) is 11.0 Å². The summed E-state index contributed by atoms with van der Waals surface area (Å²) in [6, 6.07) is 1.98. The predicted molar refractivity (Wildman–Crippen MR) is 90.7 cm³/mol. The molecule has 0 N–H and O–H groups in total. The summed E-state index contributed by atoms with van der Waals surface area (Å²) in [6.45, 7) is 0.771. The number of amides is 1. The molecule has 0 aromatic carbocycles. The van der Waals surface area contributed by atoms with Gasteiger partial charge in [-0.3, -0.25) is 9.59 Å². The van der Waals surface area contributed by atoms with Crippen molar-refractivity contribution in [3.8, 4) is 0 Å². The van der Waals surface area contributed by atoms with Crippen molar-refractivity contribution in [3.63, 3.8) is 0 Å². The number of likely N-dealkylation sites (tertiary alicyclic amines) is 1. The highest BCUT2D eigenvalue weighted by Crippen LogP contribution is 2.37. The van der Waals surface area contributed by atoms with Crippen molar-refractivity contribution in [3.05, 3.63) is 19.2 Å². The van der Waals surface area contributed by atoms with Gasteiger partial charge in [-0.25, -0.2) is 0 Å². The Kier molecular flexibility index (Phi) is 4.86. The first-order valence-electron chi connectivity index (χ1n) is 7.36. The third-order valence-electron chi connectivity index (χ3n) is 4.51. The van der Waals surface area contributed by atoms with Crippen molar-refractivity contribution in [2.24, 2.45) is 5.92 Å². The molecule has 1 aromatic rings. The van der Waals surface area contributed by atoms with E-state index in [1.165, 1.54) is 11.3 Å². The molecule has 3 nitrogen and oxygen atoms in total. The molecule has 1 aromatic heterocycles. The van der Waals surface area contributed by atoms with Gasteiger partial charge >= 0.3 is 0 Å². The molecule has 21 heavy (non-hydrogen) atoms. The SMILES string of the molecule is O=C1CCCCC1C1CCCN1C(=O)c1cc(Br)sc1Br. The maximum absolute atomic E-state index is 12.8. The Hall–Kier alpha value is -0.200. The lowest BCUT2D eigenvalue weighted by atomic mass is 9.81. The molecular formula is C15H17Br2NO2S. The first-order chi connectivity index (χ1) is 10.1. The van der Waals surface area contributed by atoms with Gasteiger partial charge in [-0.1, -0.05) is 6.42 Å². The Morgan fingerprint density at radius 3 is 2.71 bits per heavy atom. The third-order valence-corrected chi connectivity index (χ3v) is 6.85. The summed E-state index contributed by atoms with van der Waals surface area (Å²) in [5.74, 6) is 0.479. The van der Waals surface area contributed by atoms with Crippen LogP contribution in [-0.4, -0.2) is 29.2 Å². The number of ketones is 1. The molecule has 3 rings (SSSR count). The highest BCUT2D eigenvalue weighted by atomic mass is 79.9. The minimum Gasteiger partial charge on any atom is -0.335 e. The minimum absolute atomic E-state index is 0.0599. The van der Waals surface area contributed by atoms with Gasteiger partial charge in [0.1, 0.15) is 5.78 Å². The maximum atomic E-state index is 12.8. The van der Waals surface area contributed by atoms with E-state index in [2.05, 4.69) is 31.9 Å². The summed E-state index contributed by atoms with van der Waals surface area (Å²) < 4.78 is 1.81. The molecule has 2 unspecified atom stereocenters. The zero-order valence-electron chi connectivity index (χ0n) is 11.6. The normalized spacial score (nSPS) is 26.4. The fourth-order valence-corrected chi connectivity index (χ4v) is 6.30. The Morgan fingerprint density at radius 1 is 1.24 bits per heavy atom. The molecule has 0 spiro atoms. The van der Waals surface area contributed by atoms with Crippen molar-refractivity contribution < 1.29 is 9.59 Å². The van der Waals surface area contributed by atoms with E-state index in [0.29, 0.717) is 17.8 Å². The van der Waals surface area contributed by atoms with Crippen LogP contribution < -0.4 is 0 Å². The molecule has 114 valence electrons. The average Bonchev–Trinajstić information content (AvgIpc) is 3.05. The molecule has 1 saturated heterocycles. The Bertz CT molecular complexity index is 572. The molecule has 0 bridgehead atoms. The number of hydrogen-bond acceptors (Lipinski definition) is 3. The zero-order chi connectivity index (χ0) is 15.0. The van der Waals surface area contributed by atoms with Crippen molar-refractivity contribution in [1.29, 1.82) is 0 Å². The second-order valence-electron chi connectivity index (χ2n) is 5.76. The number of thiophene rings is 1. The van der Waals surface area contributed by atoms with Gasteiger partial charge in [-0.15, -0.1) is 11.3 Å². The quantitative estimate of drug-likeness (QED) is 0.679. The molecule has 1 amide bonds. The van der Waals surface area contributed by atoms with E-state index < -0.39 is 0 Å². The number of carbonyl (C=O) groups excluding carboxylic acids is 2. The van der Waals surface area contributed by atoms with Crippen molar-refractivity contribution in [2.75, 3.05) is 6.54 Å². The van der Waals surface area contributed by atoms with Crippen LogP contribution in [0.3, 0.4) is 0 Å². The van der Waals surface area contributed by atoms with Crippen molar-refractivity contribution in [2.45, 2.75) is 44.6 Å². The second kappa shape index (κ2) is 6.50. The lowest BCUT2D eigenvalue weighted by Gasteiger charge is -2.33. The summed E-state index contributed by atoms with van der Waals surface area (Å²) in [5, 5.41) is 0. The van der Waals surface area contributed by atoms with Crippen LogP contribution in [0.25, 0.3) is 0 Å². The smallest absolute Gasteiger partial charge is 0.256 e. The molecule has 2 atom stereocenters. The number of halogens is 2. The van der Waals surface area contributed by atoms with Crippen molar-refractivity contribution in [1.82, 2.24) is 4.90 Å². The molecule has 0 radical (unpaired) electrons. The minimum atomic E-state index is 0.0599. The van der Waals surface area contributed by atoms with Gasteiger partial charge in [0.25, 0.3) is 5.91 Å². The van der Waals surface area contributed by atoms with Crippen LogP contribution in [0.4, 0.5) is 0 Å². The van der Waals surface area contributed by atoms with Gasteiger partial charge in [0.05, 0.1) is 13.1 Å². The van der Waals surface area contributed by atoms with E-state index in [9.17, 15) is 9.59 Å². The maximum Gasteiger partial charge on any atom is 0.256 e. The molecule has 1 saturated carbocycles.